The molecule has 0 aliphatic carbocycles. The van der Waals surface area contributed by atoms with Crippen molar-refractivity contribution in [3.05, 3.63) is 60.4 Å². The third-order valence-electron chi connectivity index (χ3n) is 4.36. The number of carbonyl (C=O) groups excluding carboxylic acids is 1. The van der Waals surface area contributed by atoms with E-state index in [-0.39, 0.29) is 22.3 Å². The van der Waals surface area contributed by atoms with Gasteiger partial charge in [-0.3, -0.25) is 9.52 Å². The van der Waals surface area contributed by atoms with Gasteiger partial charge in [0, 0.05) is 37.7 Å². The first-order valence-corrected chi connectivity index (χ1v) is 9.95. The fraction of sp³-hybridized carbons (Fsp3) is 0.111. The Kier molecular flexibility index (Phi) is 4.31. The van der Waals surface area contributed by atoms with Crippen LogP contribution in [0.1, 0.15) is 15.9 Å². The van der Waals surface area contributed by atoms with Crippen LogP contribution < -0.4 is 10.5 Å². The standard InChI is InChI=1S/C18H17N7O3S/c1-24-8-14(22-10-24)29(27,28)23-12-5-3-4-11(6-12)16(26)13-7-25(2)18-15(13)17(19)20-9-21-18/h3-10,23H,1-2H3,(H2,19,20,21). The number of aryl methyl sites for hydroxylation is 2. The van der Waals surface area contributed by atoms with Crippen molar-refractivity contribution in [2.24, 2.45) is 14.1 Å². The summed E-state index contributed by atoms with van der Waals surface area (Å²) in [7, 11) is -0.450. The molecule has 0 unspecified atom stereocenters. The van der Waals surface area contributed by atoms with Crippen molar-refractivity contribution in [1.29, 1.82) is 0 Å². The lowest BCUT2D eigenvalue weighted by atomic mass is 10.0. The molecule has 3 heterocycles. The number of carbonyl (C=O) groups is 1. The highest BCUT2D eigenvalue weighted by atomic mass is 32.2. The molecule has 29 heavy (non-hydrogen) atoms. The Balaban J connectivity index is 1.70. The average Bonchev–Trinajstić information content (AvgIpc) is 3.26. The van der Waals surface area contributed by atoms with Crippen LogP contribution in [0.5, 0.6) is 0 Å². The molecule has 4 aromatic rings. The SMILES string of the molecule is Cn1cnc(S(=O)(=O)Nc2cccc(C(=O)c3cn(C)c4ncnc(N)c34)c2)c1. The number of nitrogens with zero attached hydrogens (tertiary/aromatic N) is 5. The van der Waals surface area contributed by atoms with Crippen LogP contribution in [-0.2, 0) is 24.1 Å². The summed E-state index contributed by atoms with van der Waals surface area (Å²) in [5.74, 6) is -0.123. The number of aromatic nitrogens is 5. The third kappa shape index (κ3) is 3.31. The van der Waals surface area contributed by atoms with Gasteiger partial charge in [-0.15, -0.1) is 0 Å². The maximum Gasteiger partial charge on any atom is 0.280 e. The van der Waals surface area contributed by atoms with Gasteiger partial charge in [-0.05, 0) is 12.1 Å². The predicted molar refractivity (Wildman–Crippen MR) is 107 cm³/mol. The Bertz CT molecular complexity index is 1360. The molecule has 1 aromatic carbocycles. The van der Waals surface area contributed by atoms with Gasteiger partial charge in [0.05, 0.1) is 17.3 Å². The quantitative estimate of drug-likeness (QED) is 0.472. The summed E-state index contributed by atoms with van der Waals surface area (Å²) in [6.45, 7) is 0. The van der Waals surface area contributed by atoms with E-state index in [2.05, 4.69) is 19.7 Å². The van der Waals surface area contributed by atoms with Crippen LogP contribution in [0.4, 0.5) is 11.5 Å². The van der Waals surface area contributed by atoms with E-state index in [0.29, 0.717) is 22.2 Å². The highest BCUT2D eigenvalue weighted by molar-refractivity contribution is 7.92. The van der Waals surface area contributed by atoms with Crippen molar-refractivity contribution in [3.8, 4) is 0 Å². The van der Waals surface area contributed by atoms with Crippen molar-refractivity contribution < 1.29 is 13.2 Å². The van der Waals surface area contributed by atoms with Gasteiger partial charge >= 0.3 is 0 Å². The molecule has 11 heteroatoms. The number of ketones is 1. The van der Waals surface area contributed by atoms with Crippen molar-refractivity contribution in [3.63, 3.8) is 0 Å². The maximum atomic E-state index is 13.1. The second kappa shape index (κ2) is 6.71. The summed E-state index contributed by atoms with van der Waals surface area (Å²) in [5, 5.41) is 0.343. The molecule has 0 fully saturated rings. The summed E-state index contributed by atoms with van der Waals surface area (Å²) in [6, 6.07) is 6.20. The molecule has 148 valence electrons. The van der Waals surface area contributed by atoms with E-state index in [1.54, 1.807) is 43.1 Å². The molecular weight excluding hydrogens is 394 g/mol. The minimum absolute atomic E-state index is 0.115. The number of nitrogen functional groups attached to an aromatic ring is 1. The first-order valence-electron chi connectivity index (χ1n) is 8.47. The van der Waals surface area contributed by atoms with Gasteiger partial charge in [0.25, 0.3) is 10.0 Å². The Morgan fingerprint density at radius 2 is 1.93 bits per heavy atom. The molecular formula is C18H17N7O3S. The molecule has 3 N–H and O–H groups in total. The van der Waals surface area contributed by atoms with Crippen molar-refractivity contribution in [2.45, 2.75) is 5.03 Å². The minimum atomic E-state index is -3.87. The van der Waals surface area contributed by atoms with E-state index >= 15 is 0 Å². The summed E-state index contributed by atoms with van der Waals surface area (Å²) < 4.78 is 30.6. The number of nitrogens with two attached hydrogens (primary N) is 1. The zero-order chi connectivity index (χ0) is 20.8. The molecule has 0 saturated carbocycles. The molecule has 10 nitrogen and oxygen atoms in total. The Labute approximate surface area is 166 Å². The Hall–Kier alpha value is -3.73. The third-order valence-corrected chi connectivity index (χ3v) is 5.63. The van der Waals surface area contributed by atoms with Crippen molar-refractivity contribution >= 4 is 38.3 Å². The minimum Gasteiger partial charge on any atom is -0.383 e. The van der Waals surface area contributed by atoms with E-state index in [0.717, 1.165) is 0 Å². The number of imidazole rings is 1. The van der Waals surface area contributed by atoms with Crippen LogP contribution in [0, 0.1) is 0 Å². The molecule has 0 aliphatic rings. The van der Waals surface area contributed by atoms with Gasteiger partial charge in [0.2, 0.25) is 0 Å². The zero-order valence-electron chi connectivity index (χ0n) is 15.6. The predicted octanol–water partition coefficient (Wildman–Crippen LogP) is 1.32. The normalized spacial score (nSPS) is 11.7. The number of hydrogen-bond donors (Lipinski definition) is 2. The number of hydrogen-bond acceptors (Lipinski definition) is 7. The first kappa shape index (κ1) is 18.6. The van der Waals surface area contributed by atoms with E-state index in [9.17, 15) is 13.2 Å². The summed E-state index contributed by atoms with van der Waals surface area (Å²) in [6.07, 6.45) is 5.74. The van der Waals surface area contributed by atoms with Crippen LogP contribution in [-0.4, -0.2) is 38.3 Å². The van der Waals surface area contributed by atoms with Gasteiger partial charge in [-0.25, -0.2) is 15.0 Å². The van der Waals surface area contributed by atoms with Crippen LogP contribution in [0.2, 0.25) is 0 Å². The molecule has 3 aromatic heterocycles. The van der Waals surface area contributed by atoms with Crippen LogP contribution in [0.25, 0.3) is 11.0 Å². The Morgan fingerprint density at radius 1 is 1.14 bits per heavy atom. The lowest BCUT2D eigenvalue weighted by molar-refractivity contribution is 0.104. The highest BCUT2D eigenvalue weighted by Crippen LogP contribution is 2.26. The monoisotopic (exact) mass is 411 g/mol. The van der Waals surface area contributed by atoms with E-state index in [1.807, 2.05) is 0 Å². The summed E-state index contributed by atoms with van der Waals surface area (Å²) in [4.78, 5) is 25.1. The largest absolute Gasteiger partial charge is 0.383 e. The lowest BCUT2D eigenvalue weighted by Gasteiger charge is -2.07. The van der Waals surface area contributed by atoms with E-state index < -0.39 is 10.0 Å². The number of rotatable bonds is 5. The van der Waals surface area contributed by atoms with Crippen molar-refractivity contribution in [2.75, 3.05) is 10.5 Å². The smallest absolute Gasteiger partial charge is 0.280 e. The molecule has 0 amide bonds. The van der Waals surface area contributed by atoms with E-state index in [4.69, 9.17) is 5.73 Å². The average molecular weight is 411 g/mol. The number of fused-ring (bicyclic) bond motifs is 1. The fourth-order valence-corrected chi connectivity index (χ4v) is 4.05. The topological polar surface area (TPSA) is 138 Å². The molecule has 0 atom stereocenters. The molecule has 0 spiro atoms. The van der Waals surface area contributed by atoms with Crippen molar-refractivity contribution in [1.82, 2.24) is 24.1 Å². The van der Waals surface area contributed by atoms with Gasteiger partial charge in [0.15, 0.2) is 10.8 Å². The maximum absolute atomic E-state index is 13.1. The number of sulfonamides is 1. The second-order valence-electron chi connectivity index (χ2n) is 6.50. The van der Waals surface area contributed by atoms with E-state index in [1.165, 1.54) is 29.5 Å². The lowest BCUT2D eigenvalue weighted by Crippen LogP contribution is -2.14. The van der Waals surface area contributed by atoms with Crippen LogP contribution in [0.15, 0.2) is 54.3 Å². The number of benzene rings is 1. The zero-order valence-corrected chi connectivity index (χ0v) is 16.4. The summed E-state index contributed by atoms with van der Waals surface area (Å²) >= 11 is 0. The molecule has 0 bridgehead atoms. The Morgan fingerprint density at radius 3 is 2.66 bits per heavy atom. The highest BCUT2D eigenvalue weighted by Gasteiger charge is 2.21. The van der Waals surface area contributed by atoms with Crippen LogP contribution >= 0.6 is 0 Å². The molecule has 0 radical (unpaired) electrons. The van der Waals surface area contributed by atoms with Crippen LogP contribution in [0.3, 0.4) is 0 Å². The second-order valence-corrected chi connectivity index (χ2v) is 8.13. The molecule has 0 aliphatic heterocycles. The van der Waals surface area contributed by atoms with Gasteiger partial charge in [0.1, 0.15) is 17.8 Å². The molecule has 4 rings (SSSR count). The first-order chi connectivity index (χ1) is 13.8. The molecule has 0 saturated heterocycles. The summed E-state index contributed by atoms with van der Waals surface area (Å²) in [5.41, 5.74) is 7.36. The van der Waals surface area contributed by atoms with Gasteiger partial charge in [-0.2, -0.15) is 8.42 Å². The number of nitrogens with one attached hydrogen (secondary N) is 1. The fourth-order valence-electron chi connectivity index (χ4n) is 3.02. The van der Waals surface area contributed by atoms with Gasteiger partial charge < -0.3 is 14.9 Å². The number of anilines is 2. The van der Waals surface area contributed by atoms with Gasteiger partial charge in [-0.1, -0.05) is 12.1 Å².